The van der Waals surface area contributed by atoms with E-state index in [9.17, 15) is 34.6 Å². The molecule has 4 unspecified atom stereocenters. The predicted molar refractivity (Wildman–Crippen MR) is 131 cm³/mol. The summed E-state index contributed by atoms with van der Waals surface area (Å²) < 4.78 is 30.8. The van der Waals surface area contributed by atoms with E-state index in [0.717, 1.165) is 12.1 Å². The Balaban J connectivity index is 1.56. The number of hydrogen-bond acceptors (Lipinski definition) is 13. The molecular weight excluding hydrogens is 536 g/mol. The van der Waals surface area contributed by atoms with Crippen molar-refractivity contribution in [2.75, 3.05) is 13.2 Å². The van der Waals surface area contributed by atoms with E-state index >= 15 is 0 Å². The smallest absolute Gasteiger partial charge is 0.434 e. The van der Waals surface area contributed by atoms with Gasteiger partial charge in [0.1, 0.15) is 36.9 Å². The first kappa shape index (κ1) is 28.1. The first-order chi connectivity index (χ1) is 19.0. The highest BCUT2D eigenvalue weighted by molar-refractivity contribution is 5.69. The molecule has 2 aliphatic heterocycles. The molecule has 0 radical (unpaired) electrons. The highest BCUT2D eigenvalue weighted by atomic mass is 16.7. The molecule has 2 fully saturated rings. The number of ether oxygens (including phenoxy) is 6. The second kappa shape index (κ2) is 11.8. The Labute approximate surface area is 226 Å². The maximum absolute atomic E-state index is 12.8. The summed E-state index contributed by atoms with van der Waals surface area (Å²) in [5.74, 6) is -0.663. The number of hydrogen-bond donors (Lipinski definition) is 0. The van der Waals surface area contributed by atoms with Crippen LogP contribution in [-0.2, 0) is 31.8 Å². The first-order valence-corrected chi connectivity index (χ1v) is 12.1. The van der Waals surface area contributed by atoms with Crippen LogP contribution < -0.4 is 9.47 Å². The minimum absolute atomic E-state index is 0.0175. The molecule has 40 heavy (non-hydrogen) atoms. The molecule has 0 saturated carbocycles. The third-order valence-electron chi connectivity index (χ3n) is 6.43. The summed E-state index contributed by atoms with van der Waals surface area (Å²) in [4.78, 5) is 57.4. The average Bonchev–Trinajstić information content (AvgIpc) is 2.90. The van der Waals surface area contributed by atoms with Crippen molar-refractivity contribution in [3.05, 3.63) is 67.8 Å². The maximum atomic E-state index is 12.8. The number of non-ortho nitro benzene ring substituents is 2. The normalized spacial score (nSPS) is 22.1. The fourth-order valence-corrected chi connectivity index (χ4v) is 4.16. The Kier molecular flexibility index (Phi) is 8.31. The number of carbonyl (C=O) groups is 3. The first-order valence-electron chi connectivity index (χ1n) is 12.1. The van der Waals surface area contributed by atoms with E-state index in [4.69, 9.17) is 28.4 Å². The van der Waals surface area contributed by atoms with E-state index in [2.05, 4.69) is 0 Å². The minimum Gasteiger partial charge on any atom is -0.434 e. The van der Waals surface area contributed by atoms with Gasteiger partial charge in [-0.05, 0) is 12.1 Å². The molecule has 15 heteroatoms. The predicted octanol–water partition coefficient (Wildman–Crippen LogP) is 4.51. The molecule has 2 aromatic rings. The Hall–Kier alpha value is -4.95. The zero-order chi connectivity index (χ0) is 29.0. The van der Waals surface area contributed by atoms with Crippen LogP contribution in [0.25, 0.3) is 0 Å². The van der Waals surface area contributed by atoms with E-state index in [1.165, 1.54) is 24.3 Å². The van der Waals surface area contributed by atoms with Crippen LogP contribution in [0.15, 0.2) is 36.4 Å². The quantitative estimate of drug-likeness (QED) is 0.190. The van der Waals surface area contributed by atoms with Crippen LogP contribution >= 0.6 is 0 Å². The van der Waals surface area contributed by atoms with Gasteiger partial charge in [0, 0.05) is 60.1 Å². The number of nitrogens with zero attached hydrogens (tertiary/aromatic N) is 2. The second-order valence-corrected chi connectivity index (χ2v) is 9.35. The van der Waals surface area contributed by atoms with Crippen LogP contribution in [0.1, 0.15) is 25.0 Å². The molecule has 4 rings (SSSR count). The van der Waals surface area contributed by atoms with Gasteiger partial charge in [0.2, 0.25) is 0 Å². The summed E-state index contributed by atoms with van der Waals surface area (Å²) >= 11 is 0. The molecule has 0 spiro atoms. The molecule has 15 nitrogen and oxygen atoms in total. The van der Waals surface area contributed by atoms with Gasteiger partial charge < -0.3 is 28.4 Å². The summed E-state index contributed by atoms with van der Waals surface area (Å²) in [6, 6.07) is 7.06. The lowest BCUT2D eigenvalue weighted by atomic mass is 9.96. The van der Waals surface area contributed by atoms with Crippen molar-refractivity contribution in [3.8, 4) is 11.5 Å². The summed E-state index contributed by atoms with van der Waals surface area (Å²) in [7, 11) is 0. The van der Waals surface area contributed by atoms with Crippen molar-refractivity contribution in [1.29, 1.82) is 0 Å². The number of cyclic esters (lactones) is 4. The molecule has 2 heterocycles. The van der Waals surface area contributed by atoms with Crippen molar-refractivity contribution < 1.29 is 52.7 Å². The molecule has 0 N–H and O–H groups in total. The van der Waals surface area contributed by atoms with E-state index in [-0.39, 0.29) is 71.9 Å². The van der Waals surface area contributed by atoms with Gasteiger partial charge in [-0.2, -0.15) is 0 Å². The minimum atomic E-state index is -1.24. The summed E-state index contributed by atoms with van der Waals surface area (Å²) in [5.41, 5.74) is -0.159. The summed E-state index contributed by atoms with van der Waals surface area (Å²) in [6.45, 7) is 3.69. The molecule has 212 valence electrons. The average molecular weight is 560 g/mol. The van der Waals surface area contributed by atoms with Crippen molar-refractivity contribution >= 4 is 29.8 Å². The van der Waals surface area contributed by atoms with E-state index in [0.29, 0.717) is 0 Å². The zero-order valence-corrected chi connectivity index (χ0v) is 21.3. The van der Waals surface area contributed by atoms with Gasteiger partial charge in [0.15, 0.2) is 0 Å². The number of nitro benzene ring substituents is 2. The Morgan fingerprint density at radius 2 is 1.20 bits per heavy atom. The number of rotatable bonds is 8. The monoisotopic (exact) mass is 560 g/mol. The van der Waals surface area contributed by atoms with Crippen molar-refractivity contribution in [2.45, 2.75) is 38.9 Å². The van der Waals surface area contributed by atoms with Gasteiger partial charge in [-0.3, -0.25) is 20.2 Å². The lowest BCUT2D eigenvalue weighted by molar-refractivity contribution is -0.385. The molecular formula is C25H24N2O13. The SMILES string of the molecule is CC1COC(=O)OC1Cc1cc([N+](=O)[O-])ccc1OC(=O)Oc1ccc([N+](=O)[O-])cc1CC1OC(=O)OCC1C. The lowest BCUT2D eigenvalue weighted by Gasteiger charge is -2.28. The summed E-state index contributed by atoms with van der Waals surface area (Å²) in [6.07, 6.45) is -4.44. The van der Waals surface area contributed by atoms with Crippen LogP contribution in [0, 0.1) is 32.1 Å². The van der Waals surface area contributed by atoms with Crippen LogP contribution in [0.3, 0.4) is 0 Å². The van der Waals surface area contributed by atoms with Gasteiger partial charge in [-0.15, -0.1) is 0 Å². The zero-order valence-electron chi connectivity index (χ0n) is 21.3. The van der Waals surface area contributed by atoms with Gasteiger partial charge in [-0.25, -0.2) is 14.4 Å². The molecule has 2 saturated heterocycles. The molecule has 0 bridgehead atoms. The molecule has 4 atom stereocenters. The second-order valence-electron chi connectivity index (χ2n) is 9.35. The van der Waals surface area contributed by atoms with Crippen LogP contribution in [0.4, 0.5) is 25.8 Å². The largest absolute Gasteiger partial charge is 0.519 e. The summed E-state index contributed by atoms with van der Waals surface area (Å²) in [5, 5.41) is 22.7. The Morgan fingerprint density at radius 1 is 0.800 bits per heavy atom. The van der Waals surface area contributed by atoms with E-state index in [1.54, 1.807) is 13.8 Å². The van der Waals surface area contributed by atoms with Gasteiger partial charge in [-0.1, -0.05) is 13.8 Å². The lowest BCUT2D eigenvalue weighted by Crippen LogP contribution is -2.36. The number of nitro groups is 2. The number of carbonyl (C=O) groups excluding carboxylic acids is 3. The molecule has 0 aromatic heterocycles. The molecule has 0 aliphatic carbocycles. The topological polar surface area (TPSA) is 193 Å². The van der Waals surface area contributed by atoms with Crippen molar-refractivity contribution in [2.24, 2.45) is 11.8 Å². The van der Waals surface area contributed by atoms with Crippen molar-refractivity contribution in [3.63, 3.8) is 0 Å². The Bertz CT molecular complexity index is 1240. The molecule has 2 aromatic carbocycles. The van der Waals surface area contributed by atoms with Gasteiger partial charge in [0.05, 0.1) is 9.85 Å². The molecule has 0 amide bonds. The standard InChI is InChI=1S/C25H24N2O13/c1-13-11-35-23(28)39-21(13)9-15-7-17(26(31)32)3-5-19(15)37-25(30)38-20-6-4-18(27(33)34)8-16(20)10-22-14(2)12-36-24(29)40-22/h3-8,13-14,21-22H,9-12H2,1-2H3. The highest BCUT2D eigenvalue weighted by Crippen LogP contribution is 2.32. The van der Waals surface area contributed by atoms with Gasteiger partial charge >= 0.3 is 18.5 Å². The fourth-order valence-electron chi connectivity index (χ4n) is 4.16. The van der Waals surface area contributed by atoms with Gasteiger partial charge in [0.25, 0.3) is 11.4 Å². The fraction of sp³-hybridized carbons (Fsp3) is 0.400. The third kappa shape index (κ3) is 6.73. The van der Waals surface area contributed by atoms with Crippen molar-refractivity contribution in [1.82, 2.24) is 0 Å². The Morgan fingerprint density at radius 3 is 1.57 bits per heavy atom. The third-order valence-corrected chi connectivity index (χ3v) is 6.43. The maximum Gasteiger partial charge on any atom is 0.519 e. The van der Waals surface area contributed by atoms with Crippen LogP contribution in [0.5, 0.6) is 11.5 Å². The van der Waals surface area contributed by atoms with E-state index in [1.807, 2.05) is 0 Å². The van der Waals surface area contributed by atoms with E-state index < -0.39 is 40.5 Å². The number of benzene rings is 2. The molecule has 2 aliphatic rings. The van der Waals surface area contributed by atoms with Crippen LogP contribution in [0.2, 0.25) is 0 Å². The highest BCUT2D eigenvalue weighted by Gasteiger charge is 2.32. The van der Waals surface area contributed by atoms with Crippen LogP contribution in [-0.4, -0.2) is 53.7 Å².